The quantitative estimate of drug-likeness (QED) is 0.801. The first-order valence-electron chi connectivity index (χ1n) is 6.14. The Balaban J connectivity index is 2.25. The molecule has 1 heterocycles. The van der Waals surface area contributed by atoms with Gasteiger partial charge in [0.15, 0.2) is 11.5 Å². The second-order valence-electron chi connectivity index (χ2n) is 4.23. The number of nitrogens with zero attached hydrogens (tertiary/aromatic N) is 1. The van der Waals surface area contributed by atoms with Gasteiger partial charge in [-0.25, -0.2) is 0 Å². The van der Waals surface area contributed by atoms with Crippen LogP contribution in [-0.4, -0.2) is 13.2 Å². The van der Waals surface area contributed by atoms with E-state index in [2.05, 4.69) is 13.0 Å². The van der Waals surface area contributed by atoms with Crippen LogP contribution in [0.3, 0.4) is 0 Å². The van der Waals surface area contributed by atoms with Crippen LogP contribution in [0.15, 0.2) is 18.2 Å². The van der Waals surface area contributed by atoms with E-state index in [1.807, 2.05) is 18.2 Å². The lowest BCUT2D eigenvalue weighted by Gasteiger charge is -2.12. The molecule has 1 atom stereocenters. The van der Waals surface area contributed by atoms with Crippen LogP contribution in [0, 0.1) is 11.3 Å². The van der Waals surface area contributed by atoms with Crippen molar-refractivity contribution < 1.29 is 9.47 Å². The highest BCUT2D eigenvalue weighted by Crippen LogP contribution is 2.33. The second kappa shape index (κ2) is 5.58. The molecule has 0 saturated carbocycles. The molecule has 0 fully saturated rings. The van der Waals surface area contributed by atoms with Gasteiger partial charge in [-0.2, -0.15) is 5.26 Å². The summed E-state index contributed by atoms with van der Waals surface area (Å²) in [4.78, 5) is 0. The monoisotopic (exact) mass is 231 g/mol. The molecule has 90 valence electrons. The predicted molar refractivity (Wildman–Crippen MR) is 65.3 cm³/mol. The largest absolute Gasteiger partial charge is 0.490 e. The Hall–Kier alpha value is -1.69. The average Bonchev–Trinajstić information content (AvgIpc) is 2.60. The lowest BCUT2D eigenvalue weighted by Crippen LogP contribution is -1.98. The van der Waals surface area contributed by atoms with Crippen LogP contribution in [0.4, 0.5) is 0 Å². The summed E-state index contributed by atoms with van der Waals surface area (Å²) in [6, 6.07) is 8.18. The van der Waals surface area contributed by atoms with Crippen LogP contribution in [0.25, 0.3) is 0 Å². The van der Waals surface area contributed by atoms with E-state index in [0.717, 1.165) is 36.3 Å². The van der Waals surface area contributed by atoms with Crippen molar-refractivity contribution in [2.24, 2.45) is 0 Å². The summed E-state index contributed by atoms with van der Waals surface area (Å²) >= 11 is 0. The van der Waals surface area contributed by atoms with Gasteiger partial charge in [0.05, 0.1) is 25.2 Å². The molecule has 0 radical (unpaired) electrons. The Bertz CT molecular complexity index is 423. The first kappa shape index (κ1) is 11.8. The maximum absolute atomic E-state index is 9.15. The smallest absolute Gasteiger partial charge is 0.161 e. The molecule has 1 aliphatic heterocycles. The van der Waals surface area contributed by atoms with Gasteiger partial charge in [-0.1, -0.05) is 19.4 Å². The summed E-state index contributed by atoms with van der Waals surface area (Å²) in [7, 11) is 0. The number of hydrogen-bond donors (Lipinski definition) is 0. The van der Waals surface area contributed by atoms with Gasteiger partial charge in [-0.05, 0) is 24.1 Å². The zero-order valence-electron chi connectivity index (χ0n) is 10.1. The second-order valence-corrected chi connectivity index (χ2v) is 4.23. The zero-order valence-corrected chi connectivity index (χ0v) is 10.1. The summed E-state index contributed by atoms with van der Waals surface area (Å²) in [6.07, 6.45) is 2.80. The van der Waals surface area contributed by atoms with E-state index in [1.165, 1.54) is 0 Å². The summed E-state index contributed by atoms with van der Waals surface area (Å²) in [5.74, 6) is 1.52. The number of ether oxygens (including phenoxy) is 2. The van der Waals surface area contributed by atoms with Gasteiger partial charge in [-0.3, -0.25) is 0 Å². The molecular weight excluding hydrogens is 214 g/mol. The van der Waals surface area contributed by atoms with Crippen molar-refractivity contribution in [3.05, 3.63) is 23.8 Å². The van der Waals surface area contributed by atoms with Crippen molar-refractivity contribution in [1.82, 2.24) is 0 Å². The van der Waals surface area contributed by atoms with E-state index in [1.54, 1.807) is 0 Å². The van der Waals surface area contributed by atoms with E-state index >= 15 is 0 Å². The van der Waals surface area contributed by atoms with E-state index in [-0.39, 0.29) is 5.92 Å². The van der Waals surface area contributed by atoms with Crippen molar-refractivity contribution >= 4 is 0 Å². The number of benzene rings is 1. The summed E-state index contributed by atoms with van der Waals surface area (Å²) < 4.78 is 11.2. The molecule has 0 bridgehead atoms. The Kier molecular flexibility index (Phi) is 3.87. The van der Waals surface area contributed by atoms with Crippen LogP contribution in [-0.2, 0) is 0 Å². The number of nitriles is 1. The third-order valence-corrected chi connectivity index (χ3v) is 2.91. The molecule has 2 rings (SSSR count). The average molecular weight is 231 g/mol. The Morgan fingerprint density at radius 2 is 2.06 bits per heavy atom. The zero-order chi connectivity index (χ0) is 12.1. The predicted octanol–water partition coefficient (Wildman–Crippen LogP) is 3.26. The van der Waals surface area contributed by atoms with Crippen LogP contribution >= 0.6 is 0 Å². The van der Waals surface area contributed by atoms with Crippen LogP contribution in [0.5, 0.6) is 11.5 Å². The maximum atomic E-state index is 9.15. The summed E-state index contributed by atoms with van der Waals surface area (Å²) in [5, 5.41) is 9.15. The minimum absolute atomic E-state index is 0.0443. The van der Waals surface area contributed by atoms with Crippen LogP contribution < -0.4 is 9.47 Å². The summed E-state index contributed by atoms with van der Waals surface area (Å²) in [6.45, 7) is 3.47. The van der Waals surface area contributed by atoms with Gasteiger partial charge in [0.25, 0.3) is 0 Å². The molecule has 0 N–H and O–H groups in total. The minimum Gasteiger partial charge on any atom is -0.490 e. The highest BCUT2D eigenvalue weighted by atomic mass is 16.5. The van der Waals surface area contributed by atoms with Gasteiger partial charge in [-0.15, -0.1) is 0 Å². The Morgan fingerprint density at radius 1 is 1.29 bits per heavy atom. The van der Waals surface area contributed by atoms with Gasteiger partial charge in [0.2, 0.25) is 0 Å². The number of fused-ring (bicyclic) bond motifs is 1. The molecule has 1 aliphatic rings. The highest BCUT2D eigenvalue weighted by molar-refractivity contribution is 5.45. The maximum Gasteiger partial charge on any atom is 0.161 e. The standard InChI is InChI=1S/C14H17NO2/c1-2-4-12(10-15)11-5-6-13-14(9-11)17-8-3-7-16-13/h5-6,9,12H,2-4,7-8H2,1H3. The fourth-order valence-corrected chi connectivity index (χ4v) is 1.99. The lowest BCUT2D eigenvalue weighted by molar-refractivity contribution is 0.297. The molecule has 0 saturated heterocycles. The van der Waals surface area contributed by atoms with E-state index in [4.69, 9.17) is 14.7 Å². The molecule has 3 nitrogen and oxygen atoms in total. The van der Waals surface area contributed by atoms with Gasteiger partial charge in [0, 0.05) is 6.42 Å². The van der Waals surface area contributed by atoms with Crippen LogP contribution in [0.2, 0.25) is 0 Å². The number of rotatable bonds is 3. The molecule has 0 aliphatic carbocycles. The fraction of sp³-hybridized carbons (Fsp3) is 0.500. The molecule has 17 heavy (non-hydrogen) atoms. The van der Waals surface area contributed by atoms with Gasteiger partial charge in [0.1, 0.15) is 0 Å². The molecule has 0 spiro atoms. The van der Waals surface area contributed by atoms with Gasteiger partial charge < -0.3 is 9.47 Å². The van der Waals surface area contributed by atoms with Gasteiger partial charge >= 0.3 is 0 Å². The van der Waals surface area contributed by atoms with Crippen molar-refractivity contribution in [1.29, 1.82) is 5.26 Å². The van der Waals surface area contributed by atoms with Crippen molar-refractivity contribution in [3.8, 4) is 17.6 Å². The van der Waals surface area contributed by atoms with E-state index in [0.29, 0.717) is 13.2 Å². The first-order chi connectivity index (χ1) is 8.35. The van der Waals surface area contributed by atoms with Crippen molar-refractivity contribution in [3.63, 3.8) is 0 Å². The highest BCUT2D eigenvalue weighted by Gasteiger charge is 2.15. The van der Waals surface area contributed by atoms with Crippen molar-refractivity contribution in [2.75, 3.05) is 13.2 Å². The molecule has 0 aromatic heterocycles. The number of hydrogen-bond acceptors (Lipinski definition) is 3. The minimum atomic E-state index is -0.0443. The SMILES string of the molecule is CCCC(C#N)c1ccc2c(c1)OCCCO2. The molecule has 1 aromatic rings. The lowest BCUT2D eigenvalue weighted by atomic mass is 9.96. The normalized spacial score (nSPS) is 15.8. The molecule has 1 unspecified atom stereocenters. The third-order valence-electron chi connectivity index (χ3n) is 2.91. The topological polar surface area (TPSA) is 42.2 Å². The van der Waals surface area contributed by atoms with E-state index in [9.17, 15) is 0 Å². The molecule has 1 aromatic carbocycles. The molecular formula is C14H17NO2. The fourth-order valence-electron chi connectivity index (χ4n) is 1.99. The first-order valence-corrected chi connectivity index (χ1v) is 6.14. The molecule has 0 amide bonds. The Morgan fingerprint density at radius 3 is 2.76 bits per heavy atom. The van der Waals surface area contributed by atoms with E-state index < -0.39 is 0 Å². The molecule has 3 heteroatoms. The third kappa shape index (κ3) is 2.71. The van der Waals surface area contributed by atoms with Crippen molar-refractivity contribution in [2.45, 2.75) is 32.1 Å². The Labute approximate surface area is 102 Å². The summed E-state index contributed by atoms with van der Waals surface area (Å²) in [5.41, 5.74) is 1.03. The van der Waals surface area contributed by atoms with Crippen LogP contribution in [0.1, 0.15) is 37.7 Å².